The first kappa shape index (κ1) is 19.4. The fourth-order valence-electron chi connectivity index (χ4n) is 3.57. The number of hydrogen-bond donors (Lipinski definition) is 0. The summed E-state index contributed by atoms with van der Waals surface area (Å²) in [4.78, 5) is 16.7. The summed E-state index contributed by atoms with van der Waals surface area (Å²) < 4.78 is 18.6. The highest BCUT2D eigenvalue weighted by molar-refractivity contribution is 5.65. The predicted molar refractivity (Wildman–Crippen MR) is 105 cm³/mol. The molecule has 6 heteroatoms. The van der Waals surface area contributed by atoms with E-state index in [-0.39, 0.29) is 11.0 Å². The summed E-state index contributed by atoms with van der Waals surface area (Å²) in [5.74, 6) is 1.44. The molecule has 0 N–H and O–H groups in total. The van der Waals surface area contributed by atoms with Crippen LogP contribution in [0.15, 0.2) is 29.2 Å². The van der Waals surface area contributed by atoms with Crippen LogP contribution in [0.1, 0.15) is 32.8 Å². The molecule has 1 aliphatic heterocycles. The number of aromatic nitrogens is 2. The van der Waals surface area contributed by atoms with Crippen LogP contribution in [0.2, 0.25) is 0 Å². The number of fused-ring (bicyclic) bond motifs is 3. The monoisotopic (exact) mass is 372 g/mol. The van der Waals surface area contributed by atoms with Crippen LogP contribution in [-0.4, -0.2) is 37.0 Å². The average molecular weight is 372 g/mol. The van der Waals surface area contributed by atoms with Crippen molar-refractivity contribution >= 4 is 0 Å². The Morgan fingerprint density at radius 1 is 1.26 bits per heavy atom. The highest BCUT2D eigenvalue weighted by atomic mass is 16.5. The van der Waals surface area contributed by atoms with E-state index in [4.69, 9.17) is 19.2 Å². The van der Waals surface area contributed by atoms with Gasteiger partial charge in [0.2, 0.25) is 0 Å². The minimum absolute atomic E-state index is 0.0270. The second kappa shape index (κ2) is 7.72. The van der Waals surface area contributed by atoms with E-state index in [0.29, 0.717) is 30.8 Å². The summed E-state index contributed by atoms with van der Waals surface area (Å²) in [6.07, 6.45) is 3.48. The quantitative estimate of drug-likeness (QED) is 0.698. The number of rotatable bonds is 7. The molecule has 2 aromatic heterocycles. The second-order valence-electron chi connectivity index (χ2n) is 7.50. The molecule has 146 valence electrons. The van der Waals surface area contributed by atoms with Crippen LogP contribution in [0.25, 0.3) is 11.4 Å². The Morgan fingerprint density at radius 2 is 2.04 bits per heavy atom. The van der Waals surface area contributed by atoms with E-state index in [1.54, 1.807) is 26.4 Å². The van der Waals surface area contributed by atoms with E-state index >= 15 is 0 Å². The van der Waals surface area contributed by atoms with Gasteiger partial charge < -0.3 is 18.8 Å². The molecular weight excluding hydrogens is 344 g/mol. The van der Waals surface area contributed by atoms with Crippen LogP contribution in [0.5, 0.6) is 11.6 Å². The van der Waals surface area contributed by atoms with Crippen LogP contribution in [0.3, 0.4) is 0 Å². The first-order valence-corrected chi connectivity index (χ1v) is 9.34. The van der Waals surface area contributed by atoms with Gasteiger partial charge in [0, 0.05) is 44.0 Å². The Balaban J connectivity index is 2.09. The molecule has 0 saturated carbocycles. The van der Waals surface area contributed by atoms with Crippen molar-refractivity contribution in [3.8, 4) is 23.0 Å². The molecule has 27 heavy (non-hydrogen) atoms. The van der Waals surface area contributed by atoms with Crippen molar-refractivity contribution in [1.82, 2.24) is 9.55 Å². The molecule has 3 rings (SSSR count). The number of hydrogen-bond acceptors (Lipinski definition) is 5. The molecule has 0 spiro atoms. The maximum Gasteiger partial charge on any atom is 0.257 e. The van der Waals surface area contributed by atoms with Gasteiger partial charge in [0.1, 0.15) is 0 Å². The second-order valence-corrected chi connectivity index (χ2v) is 7.50. The lowest BCUT2D eigenvalue weighted by Gasteiger charge is -2.42. The van der Waals surface area contributed by atoms with Gasteiger partial charge in [-0.15, -0.1) is 0 Å². The molecule has 3 heterocycles. The smallest absolute Gasteiger partial charge is 0.257 e. The minimum Gasteiger partial charge on any atom is -0.488 e. The van der Waals surface area contributed by atoms with Crippen molar-refractivity contribution < 1.29 is 14.2 Å². The third-order valence-electron chi connectivity index (χ3n) is 5.49. The Kier molecular flexibility index (Phi) is 5.56. The lowest BCUT2D eigenvalue weighted by atomic mass is 9.78. The van der Waals surface area contributed by atoms with Crippen LogP contribution in [-0.2, 0) is 16.7 Å². The van der Waals surface area contributed by atoms with Crippen LogP contribution in [0, 0.1) is 5.92 Å². The summed E-state index contributed by atoms with van der Waals surface area (Å²) in [6.45, 7) is 7.79. The zero-order valence-electron chi connectivity index (χ0n) is 16.7. The fraction of sp³-hybridized carbons (Fsp3) is 0.524. The van der Waals surface area contributed by atoms with Gasteiger partial charge in [-0.3, -0.25) is 4.79 Å². The van der Waals surface area contributed by atoms with Crippen molar-refractivity contribution in [3.63, 3.8) is 0 Å². The number of pyridine rings is 2. The number of methoxy groups -OCH3 is 2. The highest BCUT2D eigenvalue weighted by Crippen LogP contribution is 2.43. The van der Waals surface area contributed by atoms with Crippen molar-refractivity contribution in [1.29, 1.82) is 0 Å². The van der Waals surface area contributed by atoms with Crippen molar-refractivity contribution in [2.75, 3.05) is 27.4 Å². The molecule has 0 saturated heterocycles. The van der Waals surface area contributed by atoms with Gasteiger partial charge in [0.15, 0.2) is 11.2 Å². The molecule has 1 atom stereocenters. The van der Waals surface area contributed by atoms with Crippen LogP contribution < -0.4 is 14.9 Å². The predicted octanol–water partition coefficient (Wildman–Crippen LogP) is 3.26. The standard InChI is InChI=1S/C21H28N2O4/c1-14(2)21(3)13-15-11-18(27-10-6-9-25-4)20(26-5)22-19(15)17-12-16(24)7-8-23(17)21/h7-8,11-12,14H,6,9-10,13H2,1-5H3. The lowest BCUT2D eigenvalue weighted by Crippen LogP contribution is -2.42. The van der Waals surface area contributed by atoms with Crippen LogP contribution in [0.4, 0.5) is 0 Å². The summed E-state index contributed by atoms with van der Waals surface area (Å²) >= 11 is 0. The average Bonchev–Trinajstić information content (AvgIpc) is 2.64. The number of nitrogens with zero attached hydrogens (tertiary/aromatic N) is 2. The molecule has 0 radical (unpaired) electrons. The van der Waals surface area contributed by atoms with Gasteiger partial charge in [0.05, 0.1) is 25.1 Å². The van der Waals surface area contributed by atoms with Crippen molar-refractivity contribution in [2.45, 2.75) is 39.2 Å². The van der Waals surface area contributed by atoms with Gasteiger partial charge in [-0.1, -0.05) is 13.8 Å². The molecule has 1 unspecified atom stereocenters. The van der Waals surface area contributed by atoms with Gasteiger partial charge in [-0.05, 0) is 30.9 Å². The normalized spacial score (nSPS) is 18.1. The SMILES string of the molecule is COCCCOc1cc2c(nc1OC)-c1cc(=O)ccn1C(C)(C(C)C)C2. The van der Waals surface area contributed by atoms with Gasteiger partial charge in [-0.2, -0.15) is 0 Å². The Bertz CT molecular complexity index is 875. The molecule has 2 aromatic rings. The molecule has 0 bridgehead atoms. The van der Waals surface area contributed by atoms with Crippen molar-refractivity contribution in [3.05, 3.63) is 40.2 Å². The number of ether oxygens (including phenoxy) is 3. The maximum absolute atomic E-state index is 12.0. The summed E-state index contributed by atoms with van der Waals surface area (Å²) in [6, 6.07) is 5.28. The van der Waals surface area contributed by atoms with Gasteiger partial charge in [0.25, 0.3) is 5.88 Å². The Hall–Kier alpha value is -2.34. The minimum atomic E-state index is -0.153. The maximum atomic E-state index is 12.0. The van der Waals surface area contributed by atoms with E-state index in [1.807, 2.05) is 12.3 Å². The zero-order valence-corrected chi connectivity index (χ0v) is 16.7. The van der Waals surface area contributed by atoms with E-state index in [0.717, 1.165) is 29.8 Å². The molecule has 6 nitrogen and oxygen atoms in total. The van der Waals surface area contributed by atoms with E-state index in [9.17, 15) is 4.79 Å². The molecule has 0 amide bonds. The molecule has 0 aromatic carbocycles. The summed E-state index contributed by atoms with van der Waals surface area (Å²) in [5.41, 5.74) is 2.50. The fourth-order valence-corrected chi connectivity index (χ4v) is 3.57. The summed E-state index contributed by atoms with van der Waals surface area (Å²) in [5, 5.41) is 0. The Labute approximate surface area is 160 Å². The van der Waals surface area contributed by atoms with Crippen LogP contribution >= 0.6 is 0 Å². The largest absolute Gasteiger partial charge is 0.488 e. The van der Waals surface area contributed by atoms with E-state index in [2.05, 4.69) is 25.3 Å². The van der Waals surface area contributed by atoms with E-state index in [1.165, 1.54) is 0 Å². The molecule has 0 aliphatic carbocycles. The first-order chi connectivity index (χ1) is 12.9. The molecular formula is C21H28N2O4. The summed E-state index contributed by atoms with van der Waals surface area (Å²) in [7, 11) is 3.25. The lowest BCUT2D eigenvalue weighted by molar-refractivity contribution is 0.170. The third-order valence-corrected chi connectivity index (χ3v) is 5.49. The van der Waals surface area contributed by atoms with E-state index < -0.39 is 0 Å². The third kappa shape index (κ3) is 3.58. The Morgan fingerprint density at radius 3 is 2.70 bits per heavy atom. The molecule has 0 fully saturated rings. The first-order valence-electron chi connectivity index (χ1n) is 9.34. The van der Waals surface area contributed by atoms with Gasteiger partial charge in [-0.25, -0.2) is 4.98 Å². The molecule has 1 aliphatic rings. The van der Waals surface area contributed by atoms with Gasteiger partial charge >= 0.3 is 0 Å². The topological polar surface area (TPSA) is 62.6 Å². The van der Waals surface area contributed by atoms with Crippen molar-refractivity contribution in [2.24, 2.45) is 5.92 Å². The zero-order chi connectivity index (χ0) is 19.6. The highest BCUT2D eigenvalue weighted by Gasteiger charge is 2.37.